The number of ether oxygens (including phenoxy) is 4. The molecule has 174 valence electrons. The molecule has 3 rings (SSSR count). The first-order chi connectivity index (χ1) is 14.7. The maximum absolute atomic E-state index is 12.0. The summed E-state index contributed by atoms with van der Waals surface area (Å²) in [5.41, 5.74) is 0.810. The number of hydrogen-bond donors (Lipinski definition) is 3. The number of halogens is 1. The van der Waals surface area contributed by atoms with E-state index in [-0.39, 0.29) is 36.4 Å². The number of nitrogens with zero attached hydrogens (tertiary/aromatic N) is 1. The Hall–Kier alpha value is -1.79. The number of amides is 1. The lowest BCUT2D eigenvalue weighted by Gasteiger charge is -2.15. The van der Waals surface area contributed by atoms with Crippen molar-refractivity contribution in [3.05, 3.63) is 18.2 Å². The molecule has 31 heavy (non-hydrogen) atoms. The zero-order valence-corrected chi connectivity index (χ0v) is 20.3. The summed E-state index contributed by atoms with van der Waals surface area (Å²) in [6, 6.07) is 5.99. The third kappa shape index (κ3) is 9.92. The fraction of sp³-hybridized carbons (Fsp3) is 0.619. The Morgan fingerprint density at radius 3 is 2.74 bits per heavy atom. The Morgan fingerprint density at radius 2 is 1.97 bits per heavy atom. The number of rotatable bonds is 11. The van der Waals surface area contributed by atoms with E-state index in [1.165, 1.54) is 0 Å². The van der Waals surface area contributed by atoms with Crippen molar-refractivity contribution in [2.24, 2.45) is 4.99 Å². The Morgan fingerprint density at radius 1 is 1.16 bits per heavy atom. The first-order valence-electron chi connectivity index (χ1n) is 10.6. The fourth-order valence-electron chi connectivity index (χ4n) is 2.79. The number of carbonyl (C=O) groups excluding carboxylic acids is 1. The van der Waals surface area contributed by atoms with Crippen LogP contribution < -0.4 is 25.4 Å². The van der Waals surface area contributed by atoms with Crippen molar-refractivity contribution in [2.75, 3.05) is 58.6 Å². The van der Waals surface area contributed by atoms with Crippen LogP contribution in [0, 0.1) is 0 Å². The maximum Gasteiger partial charge on any atom is 0.242 e. The summed E-state index contributed by atoms with van der Waals surface area (Å²) in [6.45, 7) is 3.79. The lowest BCUT2D eigenvalue weighted by molar-refractivity contribution is -0.119. The van der Waals surface area contributed by atoms with Crippen molar-refractivity contribution in [1.82, 2.24) is 10.6 Å². The molecule has 1 aliphatic carbocycles. The van der Waals surface area contributed by atoms with Crippen molar-refractivity contribution in [3.63, 3.8) is 0 Å². The second kappa shape index (κ2) is 14.3. The number of nitrogens with one attached hydrogen (secondary N) is 3. The first-order valence-corrected chi connectivity index (χ1v) is 10.6. The van der Waals surface area contributed by atoms with Crippen LogP contribution in [0.4, 0.5) is 5.69 Å². The van der Waals surface area contributed by atoms with Crippen LogP contribution >= 0.6 is 24.0 Å². The highest BCUT2D eigenvalue weighted by Gasteiger charge is 2.22. The minimum Gasteiger partial charge on any atom is -0.490 e. The molecule has 0 saturated heterocycles. The summed E-state index contributed by atoms with van der Waals surface area (Å²) in [6.07, 6.45) is 3.77. The lowest BCUT2D eigenvalue weighted by Crippen LogP contribution is -2.34. The predicted octanol–water partition coefficient (Wildman–Crippen LogP) is 2.16. The SMILES string of the molecule is COCCOCCCNC(=NCC(=O)NC1CC1)Nc1ccc2c(c1)OCCCO2.I. The van der Waals surface area contributed by atoms with Gasteiger partial charge in [0.25, 0.3) is 0 Å². The highest BCUT2D eigenvalue weighted by molar-refractivity contribution is 14.0. The van der Waals surface area contributed by atoms with Crippen molar-refractivity contribution in [2.45, 2.75) is 31.7 Å². The van der Waals surface area contributed by atoms with Crippen LogP contribution in [0.15, 0.2) is 23.2 Å². The molecule has 1 aliphatic heterocycles. The lowest BCUT2D eigenvalue weighted by atomic mass is 10.2. The number of anilines is 1. The van der Waals surface area contributed by atoms with Gasteiger partial charge in [0.1, 0.15) is 6.54 Å². The van der Waals surface area contributed by atoms with Gasteiger partial charge in [0.15, 0.2) is 17.5 Å². The van der Waals surface area contributed by atoms with Crippen LogP contribution in [0.25, 0.3) is 0 Å². The third-order valence-corrected chi connectivity index (χ3v) is 4.52. The van der Waals surface area contributed by atoms with Crippen molar-refractivity contribution < 1.29 is 23.7 Å². The molecule has 0 unspecified atom stereocenters. The number of benzene rings is 1. The van der Waals surface area contributed by atoms with Crippen LogP contribution in [0.5, 0.6) is 11.5 Å². The average molecular weight is 548 g/mol. The summed E-state index contributed by atoms with van der Waals surface area (Å²) in [7, 11) is 1.65. The number of methoxy groups -OCH3 is 1. The molecule has 1 heterocycles. The molecule has 1 saturated carbocycles. The van der Waals surface area contributed by atoms with Gasteiger partial charge in [-0.15, -0.1) is 24.0 Å². The Kier molecular flexibility index (Phi) is 11.8. The zero-order chi connectivity index (χ0) is 21.0. The Labute approximate surface area is 200 Å². The van der Waals surface area contributed by atoms with Gasteiger partial charge in [0.2, 0.25) is 5.91 Å². The summed E-state index contributed by atoms with van der Waals surface area (Å²) in [5, 5.41) is 9.45. The van der Waals surface area contributed by atoms with Crippen LogP contribution in [0.1, 0.15) is 25.7 Å². The number of guanidine groups is 1. The zero-order valence-electron chi connectivity index (χ0n) is 18.0. The number of fused-ring (bicyclic) bond motifs is 1. The molecule has 1 aromatic rings. The van der Waals surface area contributed by atoms with Crippen molar-refractivity contribution in [3.8, 4) is 11.5 Å². The van der Waals surface area contributed by atoms with Gasteiger partial charge in [-0.1, -0.05) is 0 Å². The van der Waals surface area contributed by atoms with E-state index in [0.29, 0.717) is 57.3 Å². The molecule has 0 aromatic heterocycles. The van der Waals surface area contributed by atoms with Gasteiger partial charge in [0, 0.05) is 44.5 Å². The van der Waals surface area contributed by atoms with E-state index >= 15 is 0 Å². The first kappa shape index (κ1) is 25.5. The standard InChI is InChI=1S/C21H32N4O5.HI/c1-27-12-13-28-9-2-8-22-21(23-15-20(26)24-16-4-5-16)25-17-6-7-18-19(14-17)30-11-3-10-29-18;/h6-7,14,16H,2-5,8-13,15H2,1H3,(H,24,26)(H2,22,23,25);1H. The highest BCUT2D eigenvalue weighted by atomic mass is 127. The summed E-state index contributed by atoms with van der Waals surface area (Å²) in [5.74, 6) is 1.91. The largest absolute Gasteiger partial charge is 0.490 e. The van der Waals surface area contributed by atoms with Gasteiger partial charge in [-0.2, -0.15) is 0 Å². The van der Waals surface area contributed by atoms with E-state index in [0.717, 1.165) is 37.1 Å². The molecular formula is C21H33IN4O5. The molecular weight excluding hydrogens is 515 g/mol. The van der Waals surface area contributed by atoms with E-state index in [4.69, 9.17) is 18.9 Å². The monoisotopic (exact) mass is 548 g/mol. The molecule has 3 N–H and O–H groups in total. The van der Waals surface area contributed by atoms with E-state index in [9.17, 15) is 4.79 Å². The number of hydrogen-bond acceptors (Lipinski definition) is 6. The minimum atomic E-state index is -0.0693. The molecule has 9 nitrogen and oxygen atoms in total. The van der Waals surface area contributed by atoms with E-state index < -0.39 is 0 Å². The van der Waals surface area contributed by atoms with Crippen LogP contribution in [0.2, 0.25) is 0 Å². The summed E-state index contributed by atoms with van der Waals surface area (Å²) in [4.78, 5) is 16.4. The normalized spacial score (nSPS) is 15.5. The Bertz CT molecular complexity index is 715. The highest BCUT2D eigenvalue weighted by Crippen LogP contribution is 2.32. The van der Waals surface area contributed by atoms with Gasteiger partial charge in [-0.25, -0.2) is 4.99 Å². The van der Waals surface area contributed by atoms with Crippen molar-refractivity contribution in [1.29, 1.82) is 0 Å². The fourth-order valence-corrected chi connectivity index (χ4v) is 2.79. The molecule has 0 spiro atoms. The van der Waals surface area contributed by atoms with Gasteiger partial charge < -0.3 is 34.9 Å². The average Bonchev–Trinajstić information content (AvgIpc) is 3.58. The topological polar surface area (TPSA) is 102 Å². The van der Waals surface area contributed by atoms with Gasteiger partial charge in [-0.05, 0) is 31.4 Å². The van der Waals surface area contributed by atoms with E-state index in [1.807, 2.05) is 18.2 Å². The Balaban J connectivity index is 0.00000341. The van der Waals surface area contributed by atoms with Crippen molar-refractivity contribution >= 4 is 41.5 Å². The second-order valence-corrected chi connectivity index (χ2v) is 7.23. The molecule has 10 heteroatoms. The third-order valence-electron chi connectivity index (χ3n) is 4.52. The number of carbonyl (C=O) groups is 1. The summed E-state index contributed by atoms with van der Waals surface area (Å²) < 4.78 is 21.9. The molecule has 0 atom stereocenters. The minimum absolute atomic E-state index is 0. The molecule has 0 bridgehead atoms. The molecule has 1 amide bonds. The van der Waals surface area contributed by atoms with Gasteiger partial charge in [0.05, 0.1) is 26.4 Å². The quantitative estimate of drug-likeness (QED) is 0.169. The van der Waals surface area contributed by atoms with Crippen LogP contribution in [-0.2, 0) is 14.3 Å². The van der Waals surface area contributed by atoms with Gasteiger partial charge in [-0.3, -0.25) is 4.79 Å². The molecule has 1 fully saturated rings. The predicted molar refractivity (Wildman–Crippen MR) is 130 cm³/mol. The van der Waals surface area contributed by atoms with Crippen LogP contribution in [-0.4, -0.2) is 71.1 Å². The van der Waals surface area contributed by atoms with Gasteiger partial charge >= 0.3 is 0 Å². The van der Waals surface area contributed by atoms with E-state index in [1.54, 1.807) is 7.11 Å². The second-order valence-electron chi connectivity index (χ2n) is 7.23. The maximum atomic E-state index is 12.0. The van der Waals surface area contributed by atoms with Crippen LogP contribution in [0.3, 0.4) is 0 Å². The number of aliphatic imine (C=N–C) groups is 1. The molecule has 0 radical (unpaired) electrons. The molecule has 1 aromatic carbocycles. The molecule has 2 aliphatic rings. The van der Waals surface area contributed by atoms with E-state index in [2.05, 4.69) is 20.9 Å². The summed E-state index contributed by atoms with van der Waals surface area (Å²) >= 11 is 0. The smallest absolute Gasteiger partial charge is 0.242 e.